The zero-order valence-corrected chi connectivity index (χ0v) is 23.6. The number of nitrogens with one attached hydrogen (secondary N) is 2. The summed E-state index contributed by atoms with van der Waals surface area (Å²) < 4.78 is 16.4. The molecule has 208 valence electrons. The number of carbonyl (C=O) groups is 1. The predicted molar refractivity (Wildman–Crippen MR) is 152 cm³/mol. The van der Waals surface area contributed by atoms with Crippen LogP contribution < -0.4 is 25.0 Å². The molecule has 2 atom stereocenters. The van der Waals surface area contributed by atoms with Crippen molar-refractivity contribution >= 4 is 51.6 Å². The number of nitriles is 1. The van der Waals surface area contributed by atoms with Crippen molar-refractivity contribution in [3.63, 3.8) is 0 Å². The van der Waals surface area contributed by atoms with Gasteiger partial charge in [-0.2, -0.15) is 5.26 Å². The van der Waals surface area contributed by atoms with E-state index in [1.807, 2.05) is 17.9 Å². The molecule has 40 heavy (non-hydrogen) atoms. The smallest absolute Gasteiger partial charge is 0.243 e. The Hall–Kier alpha value is -3.85. The number of benzene rings is 1. The highest BCUT2D eigenvalue weighted by molar-refractivity contribution is 6.41. The highest BCUT2D eigenvalue weighted by atomic mass is 35.5. The number of nitrogens with zero attached hydrogens (tertiary/aromatic N) is 5. The quantitative estimate of drug-likeness (QED) is 0.376. The van der Waals surface area contributed by atoms with Crippen LogP contribution in [0.25, 0.3) is 22.3 Å². The van der Waals surface area contributed by atoms with Gasteiger partial charge in [-0.05, 0) is 19.1 Å². The lowest BCUT2D eigenvalue weighted by molar-refractivity contribution is -0.117. The molecule has 0 bridgehead atoms. The SMILES string of the molecule is C=CC(=O)N[C@H]1COC[C@H]1Nc1cc2c(N3CC(C)(C#N)C3)nc(-c3c(Cl)c(OC)cc(OC)c3Cl)nc2cn1. The minimum atomic E-state index is -0.502. The number of halogens is 2. The summed E-state index contributed by atoms with van der Waals surface area (Å²) in [6.07, 6.45) is 2.85. The number of pyridine rings is 1. The average molecular weight is 584 g/mol. The summed E-state index contributed by atoms with van der Waals surface area (Å²) in [5, 5.41) is 17.0. The largest absolute Gasteiger partial charge is 0.495 e. The molecule has 4 heterocycles. The van der Waals surface area contributed by atoms with E-state index in [9.17, 15) is 10.1 Å². The van der Waals surface area contributed by atoms with Crippen LogP contribution in [0.1, 0.15) is 6.92 Å². The van der Waals surface area contributed by atoms with Crippen LogP contribution in [0.3, 0.4) is 0 Å². The first-order valence-electron chi connectivity index (χ1n) is 12.4. The Morgan fingerprint density at radius 2 is 1.88 bits per heavy atom. The molecule has 2 fully saturated rings. The molecule has 0 saturated carbocycles. The molecule has 1 amide bonds. The summed E-state index contributed by atoms with van der Waals surface area (Å²) in [4.78, 5) is 28.0. The Balaban J connectivity index is 1.59. The normalized spacial score (nSPS) is 19.4. The first-order valence-corrected chi connectivity index (χ1v) is 13.2. The molecule has 2 aliphatic rings. The third-order valence-corrected chi connectivity index (χ3v) is 7.69. The van der Waals surface area contributed by atoms with Crippen molar-refractivity contribution in [3.05, 3.63) is 41.0 Å². The number of hydrogen-bond donors (Lipinski definition) is 2. The molecule has 1 aromatic carbocycles. The number of aromatic nitrogens is 3. The van der Waals surface area contributed by atoms with Gasteiger partial charge in [-0.25, -0.2) is 15.0 Å². The standard InChI is InChI=1S/C27H27Cl2N7O4/c1-5-21(37)33-17-10-40-9-16(17)32-20-6-14-15(8-31-20)34-25(35-26(14)36-12-27(2,11-30)13-36)22-23(28)18(38-3)7-19(39-4)24(22)29/h5-8,16-17H,1,9-10,12-13H2,2-4H3,(H,31,32)(H,33,37)/t16-,17+/m1/s1. The number of carbonyl (C=O) groups excluding carboxylic acids is 1. The van der Waals surface area contributed by atoms with Gasteiger partial charge in [-0.1, -0.05) is 29.8 Å². The zero-order chi connectivity index (χ0) is 28.6. The second-order valence-corrected chi connectivity index (χ2v) is 10.6. The van der Waals surface area contributed by atoms with Crippen LogP contribution >= 0.6 is 23.2 Å². The number of rotatable bonds is 8. The molecule has 2 saturated heterocycles. The Morgan fingerprint density at radius 1 is 1.20 bits per heavy atom. The first-order chi connectivity index (χ1) is 19.2. The van der Waals surface area contributed by atoms with E-state index in [4.69, 9.17) is 47.4 Å². The maximum atomic E-state index is 11.8. The van der Waals surface area contributed by atoms with Gasteiger partial charge in [-0.3, -0.25) is 4.79 Å². The van der Waals surface area contributed by atoms with Crippen molar-refractivity contribution in [2.24, 2.45) is 5.41 Å². The number of amides is 1. The fourth-order valence-electron chi connectivity index (χ4n) is 4.82. The van der Waals surface area contributed by atoms with Gasteiger partial charge >= 0.3 is 0 Å². The van der Waals surface area contributed by atoms with E-state index < -0.39 is 5.41 Å². The van der Waals surface area contributed by atoms with Gasteiger partial charge in [-0.15, -0.1) is 0 Å². The second kappa shape index (κ2) is 11.0. The monoisotopic (exact) mass is 583 g/mol. The van der Waals surface area contributed by atoms with Gasteiger partial charge in [0, 0.05) is 24.5 Å². The average Bonchev–Trinajstić information content (AvgIpc) is 3.37. The zero-order valence-electron chi connectivity index (χ0n) is 22.1. The maximum Gasteiger partial charge on any atom is 0.243 e. The molecule has 2 aliphatic heterocycles. The van der Waals surface area contributed by atoms with E-state index in [0.717, 1.165) is 0 Å². The number of fused-ring (bicyclic) bond motifs is 1. The Morgan fingerprint density at radius 3 is 2.50 bits per heavy atom. The predicted octanol–water partition coefficient (Wildman–Crippen LogP) is 3.85. The topological polar surface area (TPSA) is 135 Å². The van der Waals surface area contributed by atoms with Gasteiger partial charge < -0.3 is 29.7 Å². The lowest BCUT2D eigenvalue weighted by Gasteiger charge is -2.44. The second-order valence-electron chi connectivity index (χ2n) is 9.88. The van der Waals surface area contributed by atoms with E-state index >= 15 is 0 Å². The lowest BCUT2D eigenvalue weighted by Crippen LogP contribution is -2.54. The number of methoxy groups -OCH3 is 2. The minimum absolute atomic E-state index is 0.203. The number of ether oxygens (including phenoxy) is 3. The summed E-state index contributed by atoms with van der Waals surface area (Å²) in [6.45, 7) is 7.14. The molecule has 0 radical (unpaired) electrons. The summed E-state index contributed by atoms with van der Waals surface area (Å²) in [7, 11) is 2.99. The Kier molecular flexibility index (Phi) is 7.59. The van der Waals surface area contributed by atoms with Crippen LogP contribution in [0.4, 0.5) is 11.6 Å². The first kappa shape index (κ1) is 27.7. The summed E-state index contributed by atoms with van der Waals surface area (Å²) >= 11 is 13.4. The molecular formula is C27H27Cl2N7O4. The van der Waals surface area contributed by atoms with Gasteiger partial charge in [0.15, 0.2) is 5.82 Å². The fourth-order valence-corrected chi connectivity index (χ4v) is 5.49. The molecule has 0 unspecified atom stereocenters. The molecule has 0 spiro atoms. The highest BCUT2D eigenvalue weighted by Gasteiger charge is 2.41. The van der Waals surface area contributed by atoms with Crippen LogP contribution in [0.15, 0.2) is 31.0 Å². The van der Waals surface area contributed by atoms with Gasteiger partial charge in [0.2, 0.25) is 5.91 Å². The van der Waals surface area contributed by atoms with Crippen LogP contribution in [0, 0.1) is 16.7 Å². The molecule has 0 aliphatic carbocycles. The molecule has 2 aromatic heterocycles. The summed E-state index contributed by atoms with van der Waals surface area (Å²) in [6, 6.07) is 5.35. The van der Waals surface area contributed by atoms with Crippen molar-refractivity contribution in [1.82, 2.24) is 20.3 Å². The number of anilines is 2. The van der Waals surface area contributed by atoms with Gasteiger partial charge in [0.1, 0.15) is 23.1 Å². The van der Waals surface area contributed by atoms with E-state index in [2.05, 4.69) is 28.3 Å². The van der Waals surface area contributed by atoms with Crippen LogP contribution in [-0.4, -0.2) is 73.5 Å². The molecule has 2 N–H and O–H groups in total. The van der Waals surface area contributed by atoms with Crippen LogP contribution in [0.2, 0.25) is 10.0 Å². The van der Waals surface area contributed by atoms with E-state index in [-0.39, 0.29) is 33.9 Å². The Bertz CT molecular complexity index is 1510. The lowest BCUT2D eigenvalue weighted by atomic mass is 9.83. The van der Waals surface area contributed by atoms with Crippen molar-refractivity contribution in [3.8, 4) is 29.0 Å². The molecule has 3 aromatic rings. The third-order valence-electron chi connectivity index (χ3n) is 6.94. The third kappa shape index (κ3) is 5.06. The summed E-state index contributed by atoms with van der Waals surface area (Å²) in [5.41, 5.74) is 0.402. The Labute approximate surface area is 241 Å². The van der Waals surface area contributed by atoms with E-state index in [1.54, 1.807) is 12.3 Å². The van der Waals surface area contributed by atoms with Crippen LogP contribution in [0.5, 0.6) is 11.5 Å². The van der Waals surface area contributed by atoms with Crippen LogP contribution in [-0.2, 0) is 9.53 Å². The molecular weight excluding hydrogens is 557 g/mol. The van der Waals surface area contributed by atoms with Crippen molar-refractivity contribution < 1.29 is 19.0 Å². The number of hydrogen-bond acceptors (Lipinski definition) is 10. The van der Waals surface area contributed by atoms with Crippen molar-refractivity contribution in [2.75, 3.05) is 50.7 Å². The van der Waals surface area contributed by atoms with Crippen molar-refractivity contribution in [1.29, 1.82) is 5.26 Å². The molecule has 13 heteroatoms. The maximum absolute atomic E-state index is 11.8. The molecule has 11 nitrogen and oxygen atoms in total. The fraction of sp³-hybridized carbons (Fsp3) is 0.370. The van der Waals surface area contributed by atoms with Gasteiger partial charge in [0.25, 0.3) is 0 Å². The minimum Gasteiger partial charge on any atom is -0.495 e. The van der Waals surface area contributed by atoms with E-state index in [0.29, 0.717) is 65.9 Å². The summed E-state index contributed by atoms with van der Waals surface area (Å²) in [5.74, 6) is 1.87. The van der Waals surface area contributed by atoms with Crippen molar-refractivity contribution in [2.45, 2.75) is 19.0 Å². The van der Waals surface area contributed by atoms with E-state index in [1.165, 1.54) is 20.3 Å². The molecule has 5 rings (SSSR count). The highest BCUT2D eigenvalue weighted by Crippen LogP contribution is 2.46. The van der Waals surface area contributed by atoms with Gasteiger partial charge in [0.05, 0.1) is 78.3 Å².